The van der Waals surface area contributed by atoms with E-state index < -0.39 is 0 Å². The highest BCUT2D eigenvalue weighted by Crippen LogP contribution is 2.41. The molecule has 0 bridgehead atoms. The number of ether oxygens (including phenoxy) is 1. The normalized spacial score (nSPS) is 21.9. The van der Waals surface area contributed by atoms with E-state index in [4.69, 9.17) is 4.74 Å². The minimum Gasteiger partial charge on any atom is -0.497 e. The molecule has 0 unspecified atom stereocenters. The number of fused-ring (bicyclic) bond motifs is 2. The van der Waals surface area contributed by atoms with Crippen LogP contribution in [0.2, 0.25) is 0 Å². The zero-order chi connectivity index (χ0) is 23.1. The largest absolute Gasteiger partial charge is 0.497 e. The van der Waals surface area contributed by atoms with Crippen LogP contribution in [0, 0.1) is 5.82 Å². The van der Waals surface area contributed by atoms with Crippen molar-refractivity contribution in [1.82, 2.24) is 9.88 Å². The molecule has 6 heteroatoms. The average molecular weight is 476 g/mol. The van der Waals surface area contributed by atoms with Gasteiger partial charge in [0.05, 0.1) is 18.3 Å². The topological polar surface area (TPSA) is 28.6 Å². The van der Waals surface area contributed by atoms with E-state index in [2.05, 4.69) is 38.4 Å². The average Bonchev–Trinajstić information content (AvgIpc) is 3.31. The first-order chi connectivity index (χ1) is 16.7. The van der Waals surface area contributed by atoms with Crippen LogP contribution in [0.15, 0.2) is 54.0 Å². The quantitative estimate of drug-likeness (QED) is 0.339. The number of thiophene rings is 1. The Hall–Kier alpha value is -2.70. The van der Waals surface area contributed by atoms with Crippen LogP contribution in [0.1, 0.15) is 37.2 Å². The lowest BCUT2D eigenvalue weighted by atomic mass is 9.81. The summed E-state index contributed by atoms with van der Waals surface area (Å²) >= 11 is 1.75. The molecule has 0 N–H and O–H groups in total. The lowest BCUT2D eigenvalue weighted by Crippen LogP contribution is -2.51. The van der Waals surface area contributed by atoms with E-state index in [1.54, 1.807) is 30.6 Å². The summed E-state index contributed by atoms with van der Waals surface area (Å²) in [7, 11) is 1.73. The summed E-state index contributed by atoms with van der Waals surface area (Å²) in [5.74, 6) is 1.32. The lowest BCUT2D eigenvalue weighted by Gasteiger charge is -2.42. The summed E-state index contributed by atoms with van der Waals surface area (Å²) in [5.41, 5.74) is 3.59. The third-order valence-corrected chi connectivity index (χ3v) is 8.75. The Kier molecular flexibility index (Phi) is 5.87. The zero-order valence-corrected chi connectivity index (χ0v) is 20.4. The van der Waals surface area contributed by atoms with E-state index in [1.165, 1.54) is 41.6 Å². The lowest BCUT2D eigenvalue weighted by molar-refractivity contribution is 0.141. The van der Waals surface area contributed by atoms with Crippen molar-refractivity contribution in [3.8, 4) is 5.75 Å². The van der Waals surface area contributed by atoms with Gasteiger partial charge in [-0.2, -0.15) is 0 Å². The number of pyridine rings is 1. The molecule has 1 aliphatic carbocycles. The fourth-order valence-corrected chi connectivity index (χ4v) is 6.95. The van der Waals surface area contributed by atoms with Crippen LogP contribution >= 0.6 is 11.3 Å². The predicted octanol–water partition coefficient (Wildman–Crippen LogP) is 6.45. The smallest absolute Gasteiger partial charge is 0.123 e. The first-order valence-electron chi connectivity index (χ1n) is 12.3. The molecule has 1 aliphatic heterocycles. The summed E-state index contributed by atoms with van der Waals surface area (Å²) in [5, 5.41) is 4.51. The molecular weight excluding hydrogens is 445 g/mol. The second-order valence-corrected chi connectivity index (χ2v) is 10.5. The van der Waals surface area contributed by atoms with Gasteiger partial charge >= 0.3 is 0 Å². The third-order valence-electron chi connectivity index (χ3n) is 7.77. The molecule has 4 nitrogen and oxygen atoms in total. The molecule has 0 spiro atoms. The number of rotatable bonds is 4. The van der Waals surface area contributed by atoms with E-state index in [0.717, 1.165) is 48.2 Å². The van der Waals surface area contributed by atoms with Crippen LogP contribution < -0.4 is 9.64 Å². The van der Waals surface area contributed by atoms with Gasteiger partial charge < -0.3 is 9.64 Å². The molecule has 6 rings (SSSR count). The molecule has 2 aromatic carbocycles. The van der Waals surface area contributed by atoms with Crippen molar-refractivity contribution < 1.29 is 9.13 Å². The molecule has 34 heavy (non-hydrogen) atoms. The number of aromatic nitrogens is 1. The summed E-state index contributed by atoms with van der Waals surface area (Å²) < 4.78 is 20.6. The van der Waals surface area contributed by atoms with E-state index in [0.29, 0.717) is 12.0 Å². The maximum Gasteiger partial charge on any atom is 0.123 e. The Bertz CT molecular complexity index is 1310. The molecule has 0 amide bonds. The van der Waals surface area contributed by atoms with Crippen molar-refractivity contribution >= 4 is 38.0 Å². The van der Waals surface area contributed by atoms with Gasteiger partial charge in [-0.05, 0) is 78.3 Å². The molecule has 3 heterocycles. The van der Waals surface area contributed by atoms with Crippen LogP contribution in [0.4, 0.5) is 10.1 Å². The Morgan fingerprint density at radius 2 is 1.82 bits per heavy atom. The molecule has 2 aliphatic rings. The van der Waals surface area contributed by atoms with Gasteiger partial charge in [0.1, 0.15) is 11.6 Å². The second kappa shape index (κ2) is 9.16. The maximum atomic E-state index is 13.8. The molecule has 176 valence electrons. The third kappa shape index (κ3) is 4.03. The van der Waals surface area contributed by atoms with Crippen molar-refractivity contribution in [2.45, 2.75) is 37.6 Å². The highest BCUT2D eigenvalue weighted by molar-refractivity contribution is 7.17. The van der Waals surface area contributed by atoms with Gasteiger partial charge in [-0.1, -0.05) is 6.07 Å². The molecule has 4 aromatic rings. The number of hydrogen-bond donors (Lipinski definition) is 0. The predicted molar refractivity (Wildman–Crippen MR) is 139 cm³/mol. The van der Waals surface area contributed by atoms with Gasteiger partial charge in [0.2, 0.25) is 0 Å². The number of benzene rings is 2. The fourth-order valence-electron chi connectivity index (χ4n) is 5.92. The zero-order valence-electron chi connectivity index (χ0n) is 19.5. The van der Waals surface area contributed by atoms with Crippen LogP contribution in [0.25, 0.3) is 21.0 Å². The Morgan fingerprint density at radius 3 is 2.62 bits per heavy atom. The summed E-state index contributed by atoms with van der Waals surface area (Å²) in [6.07, 6.45) is 6.70. The number of anilines is 1. The highest BCUT2D eigenvalue weighted by Gasteiger charge is 2.30. The highest BCUT2D eigenvalue weighted by atomic mass is 32.1. The number of methoxy groups -OCH3 is 1. The molecule has 0 atom stereocenters. The Labute approximate surface area is 204 Å². The minimum atomic E-state index is -0.127. The molecule has 1 saturated carbocycles. The van der Waals surface area contributed by atoms with Crippen molar-refractivity contribution in [2.75, 3.05) is 38.2 Å². The number of hydrogen-bond acceptors (Lipinski definition) is 5. The molecule has 1 saturated heterocycles. The van der Waals surface area contributed by atoms with Gasteiger partial charge in [-0.25, -0.2) is 4.39 Å². The monoisotopic (exact) mass is 475 g/mol. The first-order valence-corrected chi connectivity index (χ1v) is 13.2. The van der Waals surface area contributed by atoms with Gasteiger partial charge in [-0.15, -0.1) is 11.3 Å². The summed E-state index contributed by atoms with van der Waals surface area (Å²) in [6.45, 7) is 4.17. The van der Waals surface area contributed by atoms with Gasteiger partial charge in [0.25, 0.3) is 0 Å². The van der Waals surface area contributed by atoms with Crippen molar-refractivity contribution in [2.24, 2.45) is 0 Å². The van der Waals surface area contributed by atoms with E-state index in [-0.39, 0.29) is 5.82 Å². The molecule has 2 fully saturated rings. The Morgan fingerprint density at radius 1 is 1.00 bits per heavy atom. The second-order valence-electron chi connectivity index (χ2n) is 9.58. The van der Waals surface area contributed by atoms with Crippen LogP contribution in [-0.2, 0) is 0 Å². The van der Waals surface area contributed by atoms with E-state index >= 15 is 0 Å². The number of halogens is 1. The summed E-state index contributed by atoms with van der Waals surface area (Å²) in [4.78, 5) is 9.82. The maximum absolute atomic E-state index is 13.8. The van der Waals surface area contributed by atoms with Crippen molar-refractivity contribution in [3.63, 3.8) is 0 Å². The van der Waals surface area contributed by atoms with Crippen molar-refractivity contribution in [1.29, 1.82) is 0 Å². The number of piperazine rings is 1. The van der Waals surface area contributed by atoms with Crippen LogP contribution in [0.3, 0.4) is 0 Å². The van der Waals surface area contributed by atoms with Crippen molar-refractivity contribution in [3.05, 3.63) is 65.4 Å². The molecule has 0 radical (unpaired) electrons. The molecular formula is C28H30FN3OS. The van der Waals surface area contributed by atoms with Gasteiger partial charge in [-0.3, -0.25) is 9.88 Å². The Balaban J connectivity index is 1.11. The summed E-state index contributed by atoms with van der Waals surface area (Å²) in [6, 6.07) is 14.2. The minimum absolute atomic E-state index is 0.127. The molecule has 2 aromatic heterocycles. The van der Waals surface area contributed by atoms with Gasteiger partial charge in [0.15, 0.2) is 0 Å². The first kappa shape index (κ1) is 21.8. The van der Waals surface area contributed by atoms with Crippen LogP contribution in [-0.4, -0.2) is 49.2 Å². The number of nitrogens with zero attached hydrogens (tertiary/aromatic N) is 3. The van der Waals surface area contributed by atoms with Crippen LogP contribution in [0.5, 0.6) is 5.75 Å². The van der Waals surface area contributed by atoms with E-state index in [1.807, 2.05) is 18.3 Å². The van der Waals surface area contributed by atoms with Gasteiger partial charge in [0, 0.05) is 54.6 Å². The fraction of sp³-hybridized carbons (Fsp3) is 0.393. The standard InChI is InChI=1S/C28H30FN3OS/c1-33-23-15-20-3-2-10-30-28(20)26(17-23)32-13-11-31(12-14-32)22-7-4-19(5-8-22)25-18-34-27-9-6-21(29)16-24(25)27/h2-3,6,9-10,15-19,22H,4-5,7-8,11-14H2,1H3/t19-,22-. The SMILES string of the molecule is COc1cc(N2CCN([C@H]3CC[C@H](c4csc5ccc(F)cc54)CC3)CC2)c2ncccc2c1. The van der Waals surface area contributed by atoms with E-state index in [9.17, 15) is 4.39 Å².